The molecule has 0 saturated heterocycles. The maximum atomic E-state index is 5.27. The summed E-state index contributed by atoms with van der Waals surface area (Å²) in [5.74, 6) is 0. The summed E-state index contributed by atoms with van der Waals surface area (Å²) in [5.41, 5.74) is 5.27. The van der Waals surface area contributed by atoms with Crippen LogP contribution in [0.3, 0.4) is 0 Å². The lowest BCUT2D eigenvalue weighted by molar-refractivity contribution is 1.44. The Kier molecular flexibility index (Phi) is 1.26. The van der Waals surface area contributed by atoms with Gasteiger partial charge < -0.3 is 5.73 Å². The molecule has 0 saturated carbocycles. The largest absolute Gasteiger partial charge is 0.375 e. The normalized spacial score (nSPS) is 9.29. The lowest BCUT2D eigenvalue weighted by atomic mass is 11.0. The number of thiazole rings is 1. The maximum Gasteiger partial charge on any atom is 0.180 e. The number of aromatic nitrogens is 1. The Morgan fingerprint density at radius 1 is 1.86 bits per heavy atom. The molecular formula is C3H5N2PS. The van der Waals surface area contributed by atoms with Gasteiger partial charge in [-0.05, 0) is 0 Å². The van der Waals surface area contributed by atoms with Gasteiger partial charge in [0.05, 0.1) is 0 Å². The smallest absolute Gasteiger partial charge is 0.180 e. The van der Waals surface area contributed by atoms with Crippen LogP contribution in [-0.2, 0) is 0 Å². The predicted molar refractivity (Wildman–Crippen MR) is 35.9 cm³/mol. The molecule has 0 aliphatic carbocycles. The van der Waals surface area contributed by atoms with E-state index < -0.39 is 0 Å². The molecule has 4 heteroatoms. The molecule has 1 heterocycles. The van der Waals surface area contributed by atoms with Crippen molar-refractivity contribution in [2.75, 3.05) is 5.73 Å². The van der Waals surface area contributed by atoms with Crippen molar-refractivity contribution in [1.82, 2.24) is 4.98 Å². The van der Waals surface area contributed by atoms with Crippen LogP contribution in [0.25, 0.3) is 0 Å². The number of nitrogens with two attached hydrogens (primary N) is 1. The van der Waals surface area contributed by atoms with Crippen molar-refractivity contribution < 1.29 is 0 Å². The highest BCUT2D eigenvalue weighted by Gasteiger charge is 1.87. The third-order valence-electron chi connectivity index (χ3n) is 0.541. The average molecular weight is 132 g/mol. The zero-order valence-electron chi connectivity index (χ0n) is 3.59. The van der Waals surface area contributed by atoms with E-state index in [4.69, 9.17) is 5.73 Å². The van der Waals surface area contributed by atoms with E-state index in [2.05, 4.69) is 14.2 Å². The predicted octanol–water partition coefficient (Wildman–Crippen LogP) is 0.226. The van der Waals surface area contributed by atoms with Gasteiger partial charge in [-0.2, -0.15) is 0 Å². The van der Waals surface area contributed by atoms with Crippen LogP contribution >= 0.6 is 20.6 Å². The zero-order chi connectivity index (χ0) is 5.28. The van der Waals surface area contributed by atoms with Gasteiger partial charge in [-0.15, -0.1) is 0 Å². The number of nitrogens with zero attached hydrogens (tertiary/aromatic N) is 1. The first-order valence-corrected chi connectivity index (χ1v) is 3.15. The van der Waals surface area contributed by atoms with Crippen molar-refractivity contribution in [3.05, 3.63) is 6.20 Å². The molecule has 1 aromatic heterocycles. The van der Waals surface area contributed by atoms with Crippen molar-refractivity contribution in [3.8, 4) is 0 Å². The number of rotatable bonds is 0. The topological polar surface area (TPSA) is 38.9 Å². The fraction of sp³-hybridized carbons (Fsp3) is 0. The number of hydrogen-bond acceptors (Lipinski definition) is 3. The van der Waals surface area contributed by atoms with Gasteiger partial charge in [-0.25, -0.2) is 4.98 Å². The Balaban J connectivity index is 3.04. The van der Waals surface area contributed by atoms with Gasteiger partial charge in [0.25, 0.3) is 0 Å². The van der Waals surface area contributed by atoms with Gasteiger partial charge in [0, 0.05) is 10.8 Å². The fourth-order valence-corrected chi connectivity index (χ4v) is 1.19. The summed E-state index contributed by atoms with van der Waals surface area (Å²) in [6.07, 6.45) is 1.73. The van der Waals surface area contributed by atoms with E-state index >= 15 is 0 Å². The van der Waals surface area contributed by atoms with E-state index in [0.29, 0.717) is 5.13 Å². The van der Waals surface area contributed by atoms with Gasteiger partial charge >= 0.3 is 0 Å². The quantitative estimate of drug-likeness (QED) is 0.513. The van der Waals surface area contributed by atoms with Crippen LogP contribution in [0.5, 0.6) is 0 Å². The third-order valence-corrected chi connectivity index (χ3v) is 1.70. The first-order chi connectivity index (χ1) is 3.29. The molecule has 0 radical (unpaired) electrons. The summed E-state index contributed by atoms with van der Waals surface area (Å²) < 4.78 is 1.08. The van der Waals surface area contributed by atoms with Crippen molar-refractivity contribution in [3.63, 3.8) is 0 Å². The van der Waals surface area contributed by atoms with Crippen molar-refractivity contribution in [2.24, 2.45) is 0 Å². The van der Waals surface area contributed by atoms with Crippen LogP contribution < -0.4 is 10.4 Å². The highest BCUT2D eigenvalue weighted by Crippen LogP contribution is 2.04. The molecule has 1 rings (SSSR count). The van der Waals surface area contributed by atoms with Crippen LogP contribution in [0, 0.1) is 0 Å². The Labute approximate surface area is 48.0 Å². The molecule has 2 N–H and O–H groups in total. The molecule has 0 spiro atoms. The lowest BCUT2D eigenvalue weighted by Crippen LogP contribution is -1.77. The Hall–Kier alpha value is -0.140. The molecule has 0 aliphatic heterocycles. The Morgan fingerprint density at radius 2 is 2.57 bits per heavy atom. The number of nitrogen functional groups attached to an aromatic ring is 1. The van der Waals surface area contributed by atoms with Crippen LogP contribution in [0.2, 0.25) is 0 Å². The van der Waals surface area contributed by atoms with E-state index in [1.165, 1.54) is 11.3 Å². The summed E-state index contributed by atoms with van der Waals surface area (Å²) in [7, 11) is 2.53. The summed E-state index contributed by atoms with van der Waals surface area (Å²) in [5, 5.41) is 0.630. The monoisotopic (exact) mass is 132 g/mol. The second kappa shape index (κ2) is 1.76. The Morgan fingerprint density at radius 3 is 2.71 bits per heavy atom. The second-order valence-electron chi connectivity index (χ2n) is 1.10. The highest BCUT2D eigenvalue weighted by atomic mass is 32.1. The van der Waals surface area contributed by atoms with Crippen LogP contribution in [0.15, 0.2) is 6.20 Å². The minimum Gasteiger partial charge on any atom is -0.375 e. The molecule has 0 fully saturated rings. The molecule has 0 aliphatic rings. The van der Waals surface area contributed by atoms with Crippen molar-refractivity contribution in [1.29, 1.82) is 0 Å². The summed E-state index contributed by atoms with van der Waals surface area (Å²) >= 11 is 1.47. The first-order valence-electron chi connectivity index (χ1n) is 1.76. The van der Waals surface area contributed by atoms with Crippen LogP contribution in [0.1, 0.15) is 0 Å². The van der Waals surface area contributed by atoms with Crippen molar-refractivity contribution in [2.45, 2.75) is 0 Å². The van der Waals surface area contributed by atoms with E-state index in [9.17, 15) is 0 Å². The molecule has 0 bridgehead atoms. The van der Waals surface area contributed by atoms with Crippen molar-refractivity contribution >= 4 is 30.3 Å². The van der Waals surface area contributed by atoms with Gasteiger partial charge in [-0.3, -0.25) is 0 Å². The molecule has 0 aromatic carbocycles. The molecule has 2 nitrogen and oxygen atoms in total. The molecule has 7 heavy (non-hydrogen) atoms. The minimum atomic E-state index is 0.630. The average Bonchev–Trinajstić information content (AvgIpc) is 1.87. The summed E-state index contributed by atoms with van der Waals surface area (Å²) in [6, 6.07) is 0. The molecule has 1 aromatic rings. The maximum absolute atomic E-state index is 5.27. The molecule has 0 amide bonds. The van der Waals surface area contributed by atoms with Crippen LogP contribution in [0.4, 0.5) is 5.13 Å². The number of hydrogen-bond donors (Lipinski definition) is 1. The van der Waals surface area contributed by atoms with Gasteiger partial charge in [-0.1, -0.05) is 20.6 Å². The van der Waals surface area contributed by atoms with E-state index in [0.717, 1.165) is 4.62 Å². The van der Waals surface area contributed by atoms with Gasteiger partial charge in [0.2, 0.25) is 0 Å². The van der Waals surface area contributed by atoms with E-state index in [-0.39, 0.29) is 0 Å². The van der Waals surface area contributed by atoms with E-state index in [1.807, 2.05) is 0 Å². The molecular weight excluding hydrogens is 127 g/mol. The molecule has 38 valence electrons. The molecule has 1 atom stereocenters. The Bertz CT molecular complexity index is 145. The first kappa shape index (κ1) is 5.01. The fourth-order valence-electron chi connectivity index (χ4n) is 0.301. The van der Waals surface area contributed by atoms with Crippen LogP contribution in [-0.4, -0.2) is 4.98 Å². The second-order valence-corrected chi connectivity index (χ2v) is 3.24. The zero-order valence-corrected chi connectivity index (χ0v) is 5.56. The van der Waals surface area contributed by atoms with Gasteiger partial charge in [0.15, 0.2) is 5.13 Å². The lowest BCUT2D eigenvalue weighted by Gasteiger charge is -1.70. The van der Waals surface area contributed by atoms with Gasteiger partial charge in [0.1, 0.15) is 0 Å². The summed E-state index contributed by atoms with van der Waals surface area (Å²) in [6.45, 7) is 0. The molecule has 1 unspecified atom stereocenters. The van der Waals surface area contributed by atoms with E-state index in [1.54, 1.807) is 6.20 Å². The SMILES string of the molecule is Nc1ncc(P)s1. The highest BCUT2D eigenvalue weighted by molar-refractivity contribution is 7.44. The minimum absolute atomic E-state index is 0.630. The third kappa shape index (κ3) is 1.11. The number of anilines is 1. The standard InChI is InChI=1S/C3H5N2PS/c4-3-5-1-2(6)7-3/h1H,6H2,(H2,4,5). The summed E-state index contributed by atoms with van der Waals surface area (Å²) in [4.78, 5) is 3.79.